The van der Waals surface area contributed by atoms with Gasteiger partial charge in [-0.3, -0.25) is 0 Å². The largest absolute Gasteiger partial charge is 0.457 e. The summed E-state index contributed by atoms with van der Waals surface area (Å²) in [6, 6.07) is 27.0. The molecule has 1 aliphatic heterocycles. The normalized spacial score (nSPS) is 15.3. The summed E-state index contributed by atoms with van der Waals surface area (Å²) in [7, 11) is 3.81. The van der Waals surface area contributed by atoms with Crippen molar-refractivity contribution in [1.29, 1.82) is 10.5 Å². The third kappa shape index (κ3) is 7.87. The van der Waals surface area contributed by atoms with Crippen molar-refractivity contribution < 1.29 is 13.6 Å². The summed E-state index contributed by atoms with van der Waals surface area (Å²) >= 11 is 0. The molecule has 1 atom stereocenters. The zero-order valence-corrected chi connectivity index (χ0v) is 30.7. The van der Waals surface area contributed by atoms with Crippen LogP contribution >= 0.6 is 0 Å². The molecular weight excluding hydrogens is 689 g/mol. The topological polar surface area (TPSA) is 124 Å². The zero-order valence-electron chi connectivity index (χ0n) is 30.7. The highest BCUT2D eigenvalue weighted by Crippen LogP contribution is 2.35. The van der Waals surface area contributed by atoms with Crippen molar-refractivity contribution in [2.24, 2.45) is 5.92 Å². The predicted molar refractivity (Wildman–Crippen MR) is 217 cm³/mol. The van der Waals surface area contributed by atoms with Crippen LogP contribution in [0.5, 0.6) is 0 Å². The highest BCUT2D eigenvalue weighted by Gasteiger charge is 2.18. The van der Waals surface area contributed by atoms with Gasteiger partial charge >= 0.3 is 11.3 Å². The number of anilines is 3. The summed E-state index contributed by atoms with van der Waals surface area (Å²) in [6.45, 7) is 4.23. The summed E-state index contributed by atoms with van der Waals surface area (Å²) in [5.41, 5.74) is 5.49. The monoisotopic (exact) mass is 724 g/mol. The molecule has 7 rings (SSSR count). The van der Waals surface area contributed by atoms with Crippen LogP contribution in [0.3, 0.4) is 0 Å². The van der Waals surface area contributed by atoms with Crippen molar-refractivity contribution >= 4 is 51.2 Å². The van der Waals surface area contributed by atoms with Crippen molar-refractivity contribution in [2.45, 2.75) is 20.3 Å². The van der Waals surface area contributed by atoms with E-state index >= 15 is 0 Å². The van der Waals surface area contributed by atoms with E-state index in [4.69, 9.17) is 13.6 Å². The molecular formula is C46H36N4O5. The quantitative estimate of drug-likeness (QED) is 0.114. The molecule has 3 heterocycles. The summed E-state index contributed by atoms with van der Waals surface area (Å²) in [5, 5.41) is 20.7. The fraction of sp³-hybridized carbons (Fsp3) is 0.130. The Kier molecular flexibility index (Phi) is 10.0. The molecule has 0 bridgehead atoms. The Hall–Kier alpha value is -7.36. The van der Waals surface area contributed by atoms with Crippen molar-refractivity contribution in [3.05, 3.63) is 181 Å². The fourth-order valence-electron chi connectivity index (χ4n) is 6.25. The molecule has 0 amide bonds. The van der Waals surface area contributed by atoms with Crippen LogP contribution in [0.25, 0.3) is 34.1 Å². The van der Waals surface area contributed by atoms with E-state index in [1.807, 2.05) is 61.5 Å². The van der Waals surface area contributed by atoms with Gasteiger partial charge in [0.15, 0.2) is 0 Å². The van der Waals surface area contributed by atoms with E-state index in [1.54, 1.807) is 42.5 Å². The van der Waals surface area contributed by atoms with Crippen LogP contribution in [0.2, 0.25) is 0 Å². The number of nitriles is 2. The first-order valence-electron chi connectivity index (χ1n) is 17.7. The first kappa shape index (κ1) is 36.0. The third-order valence-corrected chi connectivity index (χ3v) is 9.31. The van der Waals surface area contributed by atoms with Crippen LogP contribution in [0.4, 0.5) is 17.1 Å². The number of benzene rings is 3. The Labute approximate surface area is 317 Å². The van der Waals surface area contributed by atoms with E-state index in [1.165, 1.54) is 12.2 Å². The molecule has 1 aliphatic carbocycles. The molecule has 270 valence electrons. The van der Waals surface area contributed by atoms with E-state index in [2.05, 4.69) is 61.2 Å². The molecule has 55 heavy (non-hydrogen) atoms. The first-order valence-corrected chi connectivity index (χ1v) is 17.7. The molecule has 0 saturated carbocycles. The van der Waals surface area contributed by atoms with Crippen molar-refractivity contribution in [3.63, 3.8) is 0 Å². The Bertz CT molecular complexity index is 2760. The van der Waals surface area contributed by atoms with Crippen LogP contribution in [0, 0.1) is 35.5 Å². The second kappa shape index (κ2) is 15.3. The Morgan fingerprint density at radius 1 is 0.745 bits per heavy atom. The van der Waals surface area contributed by atoms with E-state index < -0.39 is 11.3 Å². The molecule has 0 spiro atoms. The molecule has 0 saturated heterocycles. The second-order valence-electron chi connectivity index (χ2n) is 13.6. The SMILES string of the molecule is Cc1ccc(N(C2=CCC(C)C=C2)c2ccc3cc(/C=C/C4=CC(=C(C#N)C#N)C=C(/C=C/c5cc6ccc(N(C)C)cc6oc5=O)O4)c(=O)oc3c2)cc1. The van der Waals surface area contributed by atoms with Crippen LogP contribution in [0.15, 0.2) is 162 Å². The lowest BCUT2D eigenvalue weighted by Crippen LogP contribution is -2.17. The number of hydrogen-bond acceptors (Lipinski definition) is 9. The molecule has 1 unspecified atom stereocenters. The Morgan fingerprint density at radius 2 is 1.29 bits per heavy atom. The molecule has 3 aromatic carbocycles. The van der Waals surface area contributed by atoms with Crippen LogP contribution in [-0.2, 0) is 4.74 Å². The van der Waals surface area contributed by atoms with E-state index in [-0.39, 0.29) is 28.2 Å². The minimum atomic E-state index is -0.549. The number of aryl methyl sites for hydroxylation is 1. The van der Waals surface area contributed by atoms with Crippen LogP contribution in [-0.4, -0.2) is 14.1 Å². The van der Waals surface area contributed by atoms with Gasteiger partial charge in [-0.1, -0.05) is 36.8 Å². The number of hydrogen-bond donors (Lipinski definition) is 0. The van der Waals surface area contributed by atoms with Gasteiger partial charge in [-0.2, -0.15) is 10.5 Å². The fourth-order valence-corrected chi connectivity index (χ4v) is 6.25. The average Bonchev–Trinajstić information content (AvgIpc) is 3.18. The molecule has 9 nitrogen and oxygen atoms in total. The van der Waals surface area contributed by atoms with Crippen LogP contribution in [0.1, 0.15) is 30.0 Å². The summed E-state index contributed by atoms with van der Waals surface area (Å²) in [6.07, 6.45) is 16.8. The second-order valence-corrected chi connectivity index (χ2v) is 13.6. The molecule has 0 radical (unpaired) electrons. The maximum atomic E-state index is 13.3. The number of nitrogens with zero attached hydrogens (tertiary/aromatic N) is 4. The third-order valence-electron chi connectivity index (χ3n) is 9.31. The molecule has 0 N–H and O–H groups in total. The lowest BCUT2D eigenvalue weighted by atomic mass is 10.00. The van der Waals surface area contributed by atoms with Crippen molar-refractivity contribution in [1.82, 2.24) is 0 Å². The van der Waals surface area contributed by atoms with Gasteiger partial charge in [0.25, 0.3) is 0 Å². The summed E-state index contributed by atoms with van der Waals surface area (Å²) in [4.78, 5) is 30.2. The van der Waals surface area contributed by atoms with Gasteiger partial charge in [0.05, 0.1) is 11.1 Å². The standard InChI is InChI=1S/C46H36N4O5/c1-29-5-13-37(14-6-29)50(38-15-7-30(2)8-16-38)40-18-10-32-22-34(46(52)55-44(32)26-40)12-20-42-24-35(36(27-47)28-48)23-41(53-42)19-11-33-21-31-9-17-39(49(3)4)25-43(31)54-45(33)51/h5-7,9-26,30H,8H2,1-4H3/b19-11+,20-12+. The highest BCUT2D eigenvalue weighted by molar-refractivity contribution is 5.85. The molecule has 2 aromatic heterocycles. The predicted octanol–water partition coefficient (Wildman–Crippen LogP) is 9.76. The first-order chi connectivity index (χ1) is 26.6. The molecule has 9 heteroatoms. The Balaban J connectivity index is 1.17. The van der Waals surface area contributed by atoms with Crippen molar-refractivity contribution in [3.8, 4) is 12.1 Å². The lowest BCUT2D eigenvalue weighted by Gasteiger charge is -2.28. The zero-order chi connectivity index (χ0) is 38.6. The summed E-state index contributed by atoms with van der Waals surface area (Å²) in [5.74, 6) is 0.974. The van der Waals surface area contributed by atoms with Crippen molar-refractivity contribution in [2.75, 3.05) is 23.9 Å². The minimum Gasteiger partial charge on any atom is -0.457 e. The van der Waals surface area contributed by atoms with E-state index in [0.717, 1.165) is 45.5 Å². The van der Waals surface area contributed by atoms with Crippen LogP contribution < -0.4 is 21.1 Å². The average molecular weight is 725 g/mol. The summed E-state index contributed by atoms with van der Waals surface area (Å²) < 4.78 is 17.5. The van der Waals surface area contributed by atoms with Gasteiger partial charge in [0.2, 0.25) is 0 Å². The van der Waals surface area contributed by atoms with Gasteiger partial charge in [0, 0.05) is 65.3 Å². The van der Waals surface area contributed by atoms with Gasteiger partial charge in [-0.25, -0.2) is 9.59 Å². The lowest BCUT2D eigenvalue weighted by molar-refractivity contribution is 0.332. The molecule has 5 aromatic rings. The van der Waals surface area contributed by atoms with Gasteiger partial charge < -0.3 is 23.4 Å². The van der Waals surface area contributed by atoms with Gasteiger partial charge in [-0.05, 0) is 110 Å². The van der Waals surface area contributed by atoms with Gasteiger partial charge in [-0.15, -0.1) is 0 Å². The highest BCUT2D eigenvalue weighted by atomic mass is 16.5. The number of fused-ring (bicyclic) bond motifs is 2. The van der Waals surface area contributed by atoms with E-state index in [9.17, 15) is 20.1 Å². The number of rotatable bonds is 8. The number of ether oxygens (including phenoxy) is 1. The van der Waals surface area contributed by atoms with E-state index in [0.29, 0.717) is 22.7 Å². The maximum Gasteiger partial charge on any atom is 0.343 e. The smallest absolute Gasteiger partial charge is 0.343 e. The maximum absolute atomic E-state index is 13.3. The number of allylic oxidation sites excluding steroid dienone is 9. The molecule has 2 aliphatic rings. The van der Waals surface area contributed by atoms with Gasteiger partial charge in [0.1, 0.15) is 40.4 Å². The minimum absolute atomic E-state index is 0.128. The Morgan fingerprint density at radius 3 is 1.82 bits per heavy atom. The molecule has 0 fully saturated rings.